The molecule has 0 radical (unpaired) electrons. The first kappa shape index (κ1) is 15.8. The van der Waals surface area contributed by atoms with Crippen molar-refractivity contribution in [2.24, 2.45) is 5.92 Å². The first-order valence-corrected chi connectivity index (χ1v) is 8.53. The number of hydrogen-bond donors (Lipinski definition) is 1. The van der Waals surface area contributed by atoms with Gasteiger partial charge in [-0.3, -0.25) is 14.5 Å². The van der Waals surface area contributed by atoms with Crippen molar-refractivity contribution in [3.63, 3.8) is 0 Å². The highest BCUT2D eigenvalue weighted by Gasteiger charge is 2.35. The minimum Gasteiger partial charge on any atom is -0.320 e. The lowest BCUT2D eigenvalue weighted by atomic mass is 9.96. The van der Waals surface area contributed by atoms with Crippen molar-refractivity contribution in [1.82, 2.24) is 9.88 Å². The Bertz CT molecular complexity index is 836. The van der Waals surface area contributed by atoms with Crippen LogP contribution < -0.4 is 10.2 Å². The summed E-state index contributed by atoms with van der Waals surface area (Å²) < 4.78 is 0. The van der Waals surface area contributed by atoms with E-state index in [1.807, 2.05) is 31.3 Å². The number of hydrogen-bond acceptors (Lipinski definition) is 4. The number of rotatable bonds is 1. The fraction of sp³-hybridized carbons (Fsp3) is 0.316. The molecule has 0 spiro atoms. The molecule has 6 nitrogen and oxygen atoms in total. The van der Waals surface area contributed by atoms with Crippen LogP contribution in [0.5, 0.6) is 0 Å². The standard InChI is InChI=1S/C19H20N4O2/c1-22-11-5-6-13(12-22)19(25)23-16-9-3-2-8-15(16)21-18(24)14-7-4-10-20-17(14)23/h2-4,7-10,13H,5-6,11-12H2,1H3,(H,21,24)/t13-/m1/s1. The molecule has 3 heterocycles. The molecule has 0 aliphatic carbocycles. The Morgan fingerprint density at radius 1 is 1.24 bits per heavy atom. The van der Waals surface area contributed by atoms with Crippen LogP contribution in [-0.4, -0.2) is 41.8 Å². The summed E-state index contributed by atoms with van der Waals surface area (Å²) in [7, 11) is 2.03. The van der Waals surface area contributed by atoms with E-state index < -0.39 is 0 Å². The maximum atomic E-state index is 13.4. The third-order valence-electron chi connectivity index (χ3n) is 4.83. The number of fused-ring (bicyclic) bond motifs is 2. The van der Waals surface area contributed by atoms with Gasteiger partial charge in [0.1, 0.15) is 0 Å². The molecule has 25 heavy (non-hydrogen) atoms. The molecule has 4 rings (SSSR count). The van der Waals surface area contributed by atoms with Gasteiger partial charge in [0.05, 0.1) is 22.9 Å². The lowest BCUT2D eigenvalue weighted by Crippen LogP contribution is -2.42. The van der Waals surface area contributed by atoms with Crippen molar-refractivity contribution in [3.05, 3.63) is 48.2 Å². The number of likely N-dealkylation sites (tertiary alicyclic amines) is 1. The van der Waals surface area contributed by atoms with Gasteiger partial charge in [-0.15, -0.1) is 0 Å². The lowest BCUT2D eigenvalue weighted by Gasteiger charge is -2.33. The molecule has 1 N–H and O–H groups in total. The second kappa shape index (κ2) is 6.29. The summed E-state index contributed by atoms with van der Waals surface area (Å²) in [6.07, 6.45) is 3.47. The number of para-hydroxylation sites is 2. The minimum atomic E-state index is -0.244. The van der Waals surface area contributed by atoms with Crippen molar-refractivity contribution < 1.29 is 9.59 Å². The van der Waals surface area contributed by atoms with Crippen molar-refractivity contribution >= 4 is 29.0 Å². The molecular weight excluding hydrogens is 316 g/mol. The molecular formula is C19H20N4O2. The summed E-state index contributed by atoms with van der Waals surface area (Å²) >= 11 is 0. The number of piperidine rings is 1. The van der Waals surface area contributed by atoms with E-state index in [1.165, 1.54) is 0 Å². The van der Waals surface area contributed by atoms with Gasteiger partial charge >= 0.3 is 0 Å². The first-order chi connectivity index (χ1) is 12.1. The molecule has 2 aliphatic rings. The van der Waals surface area contributed by atoms with Crippen LogP contribution >= 0.6 is 0 Å². The predicted molar refractivity (Wildman–Crippen MR) is 96.0 cm³/mol. The van der Waals surface area contributed by atoms with Crippen molar-refractivity contribution in [2.75, 3.05) is 30.4 Å². The van der Waals surface area contributed by atoms with Crippen molar-refractivity contribution in [3.8, 4) is 0 Å². The van der Waals surface area contributed by atoms with Gasteiger partial charge in [-0.2, -0.15) is 0 Å². The van der Waals surface area contributed by atoms with E-state index in [0.717, 1.165) is 25.9 Å². The Balaban J connectivity index is 1.84. The van der Waals surface area contributed by atoms with Gasteiger partial charge in [-0.05, 0) is 50.7 Å². The van der Waals surface area contributed by atoms with Crippen LogP contribution in [0.3, 0.4) is 0 Å². The van der Waals surface area contributed by atoms with Crippen LogP contribution in [0, 0.1) is 5.92 Å². The smallest absolute Gasteiger partial charge is 0.259 e. The Kier molecular flexibility index (Phi) is 3.97. The molecule has 2 amide bonds. The van der Waals surface area contributed by atoms with Crippen molar-refractivity contribution in [1.29, 1.82) is 0 Å². The molecule has 6 heteroatoms. The fourth-order valence-electron chi connectivity index (χ4n) is 3.60. The number of pyridine rings is 1. The third kappa shape index (κ3) is 2.78. The van der Waals surface area contributed by atoms with Crippen LogP contribution in [0.25, 0.3) is 0 Å². The van der Waals surface area contributed by atoms with E-state index >= 15 is 0 Å². The average molecular weight is 336 g/mol. The Morgan fingerprint density at radius 2 is 2.08 bits per heavy atom. The number of carbonyl (C=O) groups is 2. The first-order valence-electron chi connectivity index (χ1n) is 8.53. The van der Waals surface area contributed by atoms with Gasteiger partial charge in [0.15, 0.2) is 5.82 Å². The van der Waals surface area contributed by atoms with E-state index in [9.17, 15) is 9.59 Å². The highest BCUT2D eigenvalue weighted by Crippen LogP contribution is 2.38. The monoisotopic (exact) mass is 336 g/mol. The molecule has 0 unspecified atom stereocenters. The zero-order valence-electron chi connectivity index (χ0n) is 14.1. The van der Waals surface area contributed by atoms with E-state index in [4.69, 9.17) is 0 Å². The molecule has 0 bridgehead atoms. The normalized spacial score (nSPS) is 20.3. The van der Waals surface area contributed by atoms with Gasteiger partial charge in [0.2, 0.25) is 5.91 Å². The molecule has 2 aliphatic heterocycles. The molecule has 128 valence electrons. The molecule has 1 aromatic carbocycles. The van der Waals surface area contributed by atoms with Crippen molar-refractivity contribution in [2.45, 2.75) is 12.8 Å². The topological polar surface area (TPSA) is 65.5 Å². The van der Waals surface area contributed by atoms with E-state index in [1.54, 1.807) is 23.2 Å². The molecule has 1 saturated heterocycles. The minimum absolute atomic E-state index is 0.00421. The van der Waals surface area contributed by atoms with Gasteiger partial charge in [0, 0.05) is 12.7 Å². The van der Waals surface area contributed by atoms with Crippen LogP contribution in [0.4, 0.5) is 17.2 Å². The molecule has 2 aromatic rings. The maximum absolute atomic E-state index is 13.4. The highest BCUT2D eigenvalue weighted by molar-refractivity contribution is 6.17. The largest absolute Gasteiger partial charge is 0.320 e. The maximum Gasteiger partial charge on any atom is 0.259 e. The number of nitrogens with zero attached hydrogens (tertiary/aromatic N) is 3. The van der Waals surface area contributed by atoms with E-state index in [2.05, 4.69) is 15.2 Å². The quantitative estimate of drug-likeness (QED) is 0.869. The molecule has 1 atom stereocenters. The fourth-order valence-corrected chi connectivity index (χ4v) is 3.60. The van der Waals surface area contributed by atoms with Crippen LogP contribution in [0.2, 0.25) is 0 Å². The lowest BCUT2D eigenvalue weighted by molar-refractivity contribution is -0.123. The van der Waals surface area contributed by atoms with E-state index in [0.29, 0.717) is 22.8 Å². The number of anilines is 3. The SMILES string of the molecule is CN1CCC[C@@H](C(=O)N2c3ccccc3NC(=O)c3cccnc32)C1. The Morgan fingerprint density at radius 3 is 2.92 bits per heavy atom. The highest BCUT2D eigenvalue weighted by atomic mass is 16.2. The van der Waals surface area contributed by atoms with Crippen LogP contribution in [0.15, 0.2) is 42.6 Å². The average Bonchev–Trinajstić information content (AvgIpc) is 2.75. The summed E-state index contributed by atoms with van der Waals surface area (Å²) in [4.78, 5) is 34.1. The Hall–Kier alpha value is -2.73. The zero-order valence-corrected chi connectivity index (χ0v) is 14.1. The van der Waals surface area contributed by atoms with Gasteiger partial charge < -0.3 is 10.2 Å². The predicted octanol–water partition coefficient (Wildman–Crippen LogP) is 2.65. The Labute approximate surface area is 146 Å². The van der Waals surface area contributed by atoms with Gasteiger partial charge in [0.25, 0.3) is 5.91 Å². The summed E-state index contributed by atoms with van der Waals surface area (Å²) in [6.45, 7) is 1.73. The number of nitrogens with one attached hydrogen (secondary N) is 1. The van der Waals surface area contributed by atoms with E-state index in [-0.39, 0.29) is 17.7 Å². The summed E-state index contributed by atoms with van der Waals surface area (Å²) in [5.74, 6) is 0.0557. The number of aromatic nitrogens is 1. The number of amides is 2. The second-order valence-electron chi connectivity index (χ2n) is 6.62. The van der Waals surface area contributed by atoms with Gasteiger partial charge in [-0.1, -0.05) is 12.1 Å². The molecule has 0 saturated carbocycles. The zero-order chi connectivity index (χ0) is 17.4. The third-order valence-corrected chi connectivity index (χ3v) is 4.83. The number of carbonyl (C=O) groups excluding carboxylic acids is 2. The number of benzene rings is 1. The molecule has 1 fully saturated rings. The summed E-state index contributed by atoms with van der Waals surface area (Å²) in [5.41, 5.74) is 1.71. The summed E-state index contributed by atoms with van der Waals surface area (Å²) in [5, 5.41) is 2.89. The molecule has 1 aromatic heterocycles. The van der Waals surface area contributed by atoms with Crippen LogP contribution in [-0.2, 0) is 4.79 Å². The summed E-state index contributed by atoms with van der Waals surface area (Å²) in [6, 6.07) is 10.8. The van der Waals surface area contributed by atoms with Crippen LogP contribution in [0.1, 0.15) is 23.2 Å². The van der Waals surface area contributed by atoms with Gasteiger partial charge in [-0.25, -0.2) is 4.98 Å². The second-order valence-corrected chi connectivity index (χ2v) is 6.62.